The van der Waals surface area contributed by atoms with Crippen molar-refractivity contribution in [3.63, 3.8) is 0 Å². The Morgan fingerprint density at radius 2 is 1.90 bits per heavy atom. The molecule has 1 N–H and O–H groups in total. The van der Waals surface area contributed by atoms with Gasteiger partial charge in [0, 0.05) is 0 Å². The van der Waals surface area contributed by atoms with E-state index in [0.29, 0.717) is 5.06 Å². The third kappa shape index (κ3) is 3.85. The summed E-state index contributed by atoms with van der Waals surface area (Å²) in [5.74, 6) is -1.35. The number of nitrogens with zero attached hydrogens (tertiary/aromatic N) is 3. The molecular formula is C14H15F2N3O2. The first-order chi connectivity index (χ1) is 9.97. The van der Waals surface area contributed by atoms with E-state index in [4.69, 9.17) is 4.74 Å². The monoisotopic (exact) mass is 295 g/mol. The van der Waals surface area contributed by atoms with Crippen molar-refractivity contribution in [2.75, 3.05) is 5.06 Å². The Labute approximate surface area is 120 Å². The van der Waals surface area contributed by atoms with E-state index >= 15 is 0 Å². The highest BCUT2D eigenvalue weighted by Gasteiger charge is 2.16. The molecule has 0 unspecified atom stereocenters. The van der Waals surface area contributed by atoms with Crippen molar-refractivity contribution >= 4 is 5.82 Å². The number of hydrogen-bond acceptors (Lipinski definition) is 5. The number of aromatic nitrogens is 2. The Balaban J connectivity index is 2.10. The maximum atomic E-state index is 13.6. The van der Waals surface area contributed by atoms with Crippen LogP contribution in [0.5, 0.6) is 6.01 Å². The van der Waals surface area contributed by atoms with E-state index in [1.807, 2.05) is 0 Å². The van der Waals surface area contributed by atoms with Gasteiger partial charge in [-0.25, -0.2) is 18.8 Å². The molecule has 7 heteroatoms. The number of halogens is 2. The van der Waals surface area contributed by atoms with Crippen LogP contribution in [0, 0.1) is 11.6 Å². The second kappa shape index (κ2) is 6.45. The van der Waals surface area contributed by atoms with Gasteiger partial charge in [0.2, 0.25) is 0 Å². The maximum absolute atomic E-state index is 13.6. The standard InChI is InChI=1S/C14H15F2N3O2/c1-9(2)19(20)13-12(16)7-17-14(18-13)21-8-10-3-5-11(15)6-4-10/h3-7,9,20H,8H2,1-2H3. The van der Waals surface area contributed by atoms with Crippen molar-refractivity contribution < 1.29 is 18.7 Å². The molecule has 5 nitrogen and oxygen atoms in total. The highest BCUT2D eigenvalue weighted by molar-refractivity contribution is 5.37. The first-order valence-corrected chi connectivity index (χ1v) is 6.35. The van der Waals surface area contributed by atoms with Crippen LogP contribution < -0.4 is 9.80 Å². The highest BCUT2D eigenvalue weighted by atomic mass is 19.1. The zero-order valence-electron chi connectivity index (χ0n) is 11.6. The third-order valence-corrected chi connectivity index (χ3v) is 2.69. The van der Waals surface area contributed by atoms with Gasteiger partial charge in [0.1, 0.15) is 12.4 Å². The molecule has 112 valence electrons. The normalized spacial score (nSPS) is 10.8. The molecule has 21 heavy (non-hydrogen) atoms. The Hall–Kier alpha value is -2.28. The quantitative estimate of drug-likeness (QED) is 0.859. The molecule has 0 amide bonds. The second-order valence-corrected chi connectivity index (χ2v) is 4.68. The molecule has 0 saturated heterocycles. The molecule has 1 aromatic carbocycles. The van der Waals surface area contributed by atoms with Crippen molar-refractivity contribution in [2.45, 2.75) is 26.5 Å². The Morgan fingerprint density at radius 3 is 2.52 bits per heavy atom. The zero-order valence-corrected chi connectivity index (χ0v) is 11.6. The molecule has 0 aliphatic carbocycles. The van der Waals surface area contributed by atoms with Crippen molar-refractivity contribution in [2.24, 2.45) is 0 Å². The number of rotatable bonds is 5. The highest BCUT2D eigenvalue weighted by Crippen LogP contribution is 2.19. The number of hydroxylamine groups is 1. The molecule has 2 aromatic rings. The molecule has 0 aliphatic rings. The summed E-state index contributed by atoms with van der Waals surface area (Å²) in [6.07, 6.45) is 0.925. The Morgan fingerprint density at radius 1 is 1.24 bits per heavy atom. The van der Waals surface area contributed by atoms with Gasteiger partial charge >= 0.3 is 6.01 Å². The van der Waals surface area contributed by atoms with Gasteiger partial charge in [-0.2, -0.15) is 4.98 Å². The minimum Gasteiger partial charge on any atom is -0.459 e. The Bertz CT molecular complexity index is 606. The summed E-state index contributed by atoms with van der Waals surface area (Å²) in [4.78, 5) is 7.51. The van der Waals surface area contributed by atoms with Gasteiger partial charge in [-0.05, 0) is 31.5 Å². The van der Waals surface area contributed by atoms with Crippen LogP contribution >= 0.6 is 0 Å². The molecule has 0 aliphatic heterocycles. The summed E-state index contributed by atoms with van der Waals surface area (Å²) >= 11 is 0. The van der Waals surface area contributed by atoms with E-state index in [1.165, 1.54) is 12.1 Å². The van der Waals surface area contributed by atoms with E-state index < -0.39 is 5.82 Å². The predicted molar refractivity (Wildman–Crippen MR) is 72.1 cm³/mol. The van der Waals surface area contributed by atoms with Crippen LogP contribution in [0.3, 0.4) is 0 Å². The van der Waals surface area contributed by atoms with Gasteiger partial charge in [0.05, 0.1) is 12.2 Å². The number of anilines is 1. The van der Waals surface area contributed by atoms with Gasteiger partial charge in [-0.1, -0.05) is 12.1 Å². The lowest BCUT2D eigenvalue weighted by molar-refractivity contribution is 0.217. The maximum Gasteiger partial charge on any atom is 0.318 e. The minimum absolute atomic E-state index is 0.0737. The van der Waals surface area contributed by atoms with Gasteiger partial charge in [-0.3, -0.25) is 5.21 Å². The number of ether oxygens (including phenoxy) is 1. The summed E-state index contributed by atoms with van der Waals surface area (Å²) in [6.45, 7) is 3.47. The average molecular weight is 295 g/mol. The summed E-state index contributed by atoms with van der Waals surface area (Å²) in [6, 6.07) is 5.32. The molecule has 1 heterocycles. The predicted octanol–water partition coefficient (Wildman–Crippen LogP) is 2.94. The number of benzene rings is 1. The van der Waals surface area contributed by atoms with Gasteiger partial charge < -0.3 is 4.74 Å². The van der Waals surface area contributed by atoms with Crippen molar-refractivity contribution in [3.8, 4) is 6.01 Å². The molecular weight excluding hydrogens is 280 g/mol. The van der Waals surface area contributed by atoms with E-state index in [9.17, 15) is 14.0 Å². The van der Waals surface area contributed by atoms with E-state index in [-0.39, 0.29) is 30.3 Å². The van der Waals surface area contributed by atoms with Crippen LogP contribution in [0.25, 0.3) is 0 Å². The fourth-order valence-electron chi connectivity index (χ4n) is 1.55. The summed E-state index contributed by atoms with van der Waals surface area (Å²) in [5.41, 5.74) is 0.718. The van der Waals surface area contributed by atoms with E-state index in [2.05, 4.69) is 9.97 Å². The molecule has 0 bridgehead atoms. The van der Waals surface area contributed by atoms with Crippen LogP contribution in [0.1, 0.15) is 19.4 Å². The van der Waals surface area contributed by atoms with Crippen molar-refractivity contribution in [3.05, 3.63) is 47.7 Å². The Kier molecular flexibility index (Phi) is 4.64. The average Bonchev–Trinajstić information content (AvgIpc) is 2.47. The van der Waals surface area contributed by atoms with Crippen molar-refractivity contribution in [1.29, 1.82) is 0 Å². The lowest BCUT2D eigenvalue weighted by Crippen LogP contribution is -2.28. The summed E-state index contributed by atoms with van der Waals surface area (Å²) in [7, 11) is 0. The van der Waals surface area contributed by atoms with Crippen LogP contribution in [-0.4, -0.2) is 21.2 Å². The third-order valence-electron chi connectivity index (χ3n) is 2.69. The second-order valence-electron chi connectivity index (χ2n) is 4.68. The van der Waals surface area contributed by atoms with Crippen LogP contribution in [0.2, 0.25) is 0 Å². The smallest absolute Gasteiger partial charge is 0.318 e. The molecule has 0 radical (unpaired) electrons. The lowest BCUT2D eigenvalue weighted by atomic mass is 10.2. The fraction of sp³-hybridized carbons (Fsp3) is 0.286. The summed E-state index contributed by atoms with van der Waals surface area (Å²) < 4.78 is 31.6. The first kappa shape index (κ1) is 15.1. The van der Waals surface area contributed by atoms with Crippen LogP contribution in [0.15, 0.2) is 30.5 Å². The van der Waals surface area contributed by atoms with E-state index in [0.717, 1.165) is 11.8 Å². The molecule has 0 atom stereocenters. The molecule has 0 saturated carbocycles. The van der Waals surface area contributed by atoms with Crippen molar-refractivity contribution in [1.82, 2.24) is 9.97 Å². The molecule has 2 rings (SSSR count). The van der Waals surface area contributed by atoms with Crippen LogP contribution in [-0.2, 0) is 6.61 Å². The zero-order chi connectivity index (χ0) is 15.4. The van der Waals surface area contributed by atoms with Gasteiger partial charge in [-0.15, -0.1) is 0 Å². The molecule has 0 fully saturated rings. The van der Waals surface area contributed by atoms with Gasteiger partial charge in [0.15, 0.2) is 11.6 Å². The topological polar surface area (TPSA) is 58.5 Å². The van der Waals surface area contributed by atoms with Gasteiger partial charge in [0.25, 0.3) is 0 Å². The number of hydrogen-bond donors (Lipinski definition) is 1. The largest absolute Gasteiger partial charge is 0.459 e. The van der Waals surface area contributed by atoms with Crippen LogP contribution in [0.4, 0.5) is 14.6 Å². The van der Waals surface area contributed by atoms with E-state index in [1.54, 1.807) is 26.0 Å². The molecule has 1 aromatic heterocycles. The lowest BCUT2D eigenvalue weighted by Gasteiger charge is -2.20. The minimum atomic E-state index is -0.750. The SMILES string of the molecule is CC(C)N(O)c1nc(OCc2ccc(F)cc2)ncc1F. The summed E-state index contributed by atoms with van der Waals surface area (Å²) in [5, 5.41) is 10.4. The first-order valence-electron chi connectivity index (χ1n) is 6.35. The molecule has 0 spiro atoms. The fourth-order valence-corrected chi connectivity index (χ4v) is 1.55.